The third-order valence-corrected chi connectivity index (χ3v) is 6.14. The van der Waals surface area contributed by atoms with Crippen molar-refractivity contribution in [2.24, 2.45) is 0 Å². The summed E-state index contributed by atoms with van der Waals surface area (Å²) < 4.78 is 17.4. The molecule has 128 valence electrons. The molecule has 1 aliphatic rings. The molecule has 0 aliphatic heterocycles. The number of hydrogen-bond acceptors (Lipinski definition) is 5. The first-order valence-electron chi connectivity index (χ1n) is 8.29. The van der Waals surface area contributed by atoms with Crippen LogP contribution in [0.1, 0.15) is 68.3 Å². The Morgan fingerprint density at radius 3 is 2.65 bits per heavy atom. The predicted molar refractivity (Wildman–Crippen MR) is 95.8 cm³/mol. The van der Waals surface area contributed by atoms with Crippen LogP contribution in [-0.2, 0) is 20.9 Å². The predicted octanol–water partition coefficient (Wildman–Crippen LogP) is 5.22. The number of rotatable bonds is 9. The lowest BCUT2D eigenvalue weighted by Gasteiger charge is -2.24. The molecule has 0 aromatic heterocycles. The molecule has 0 amide bonds. The Bertz CT molecular complexity index is 602. The monoisotopic (exact) mass is 356 g/mol. The summed E-state index contributed by atoms with van der Waals surface area (Å²) in [6, 6.07) is 5.58. The second kappa shape index (κ2) is 8.39. The molecule has 2 atom stereocenters. The highest BCUT2D eigenvalue weighted by Crippen LogP contribution is 2.53. The molecule has 1 aliphatic carbocycles. The third-order valence-electron chi connectivity index (χ3n) is 3.79. The van der Waals surface area contributed by atoms with Crippen molar-refractivity contribution in [2.45, 2.75) is 52.4 Å². The Labute approximate surface area is 143 Å². The maximum absolute atomic E-state index is 12.2. The van der Waals surface area contributed by atoms with E-state index >= 15 is 0 Å². The Hall–Kier alpha value is -0.740. The largest absolute Gasteiger partial charge is 0.424 e. The number of hydrogen-bond donors (Lipinski definition) is 0. The molecule has 23 heavy (non-hydrogen) atoms. The van der Waals surface area contributed by atoms with Crippen molar-refractivity contribution < 1.29 is 18.4 Å². The highest BCUT2D eigenvalue weighted by atomic mass is 32.5. The molecule has 0 N–H and O–H groups in total. The van der Waals surface area contributed by atoms with E-state index in [1.54, 1.807) is 0 Å². The Balaban J connectivity index is 2.33. The molecule has 0 spiro atoms. The van der Waals surface area contributed by atoms with E-state index in [1.807, 2.05) is 32.0 Å². The van der Waals surface area contributed by atoms with Crippen molar-refractivity contribution in [3.8, 4) is 5.75 Å². The molecule has 1 aromatic carbocycles. The quantitative estimate of drug-likeness (QED) is 0.567. The standard InChI is InChI=1S/C17H25O4PS/c1-4-8-13-12-15(18)14-9-7-10-16(17(13)14)21-22(23,19-6-3)20-11-5-2/h7,9-10,13H,4-6,8,11-12H2,1-3H3. The van der Waals surface area contributed by atoms with Gasteiger partial charge >= 0.3 is 6.72 Å². The van der Waals surface area contributed by atoms with Crippen molar-refractivity contribution >= 4 is 24.3 Å². The smallest absolute Gasteiger partial charge is 0.380 e. The van der Waals surface area contributed by atoms with Gasteiger partial charge in [-0.2, -0.15) is 0 Å². The van der Waals surface area contributed by atoms with E-state index in [4.69, 9.17) is 25.4 Å². The zero-order valence-electron chi connectivity index (χ0n) is 14.0. The van der Waals surface area contributed by atoms with Crippen LogP contribution >= 0.6 is 6.72 Å². The third kappa shape index (κ3) is 4.42. The van der Waals surface area contributed by atoms with E-state index < -0.39 is 6.72 Å². The van der Waals surface area contributed by atoms with Crippen molar-refractivity contribution in [2.75, 3.05) is 13.2 Å². The van der Waals surface area contributed by atoms with E-state index in [9.17, 15) is 4.79 Å². The Morgan fingerprint density at radius 2 is 2.00 bits per heavy atom. The highest BCUT2D eigenvalue weighted by Gasteiger charge is 2.33. The molecule has 2 rings (SSSR count). The minimum Gasteiger partial charge on any atom is -0.424 e. The SMILES string of the molecule is CCCOP(=S)(OCC)Oc1cccc2c1C(CCC)CC2=O. The number of ketones is 1. The summed E-state index contributed by atoms with van der Waals surface area (Å²) in [5.74, 6) is 1.04. The summed E-state index contributed by atoms with van der Waals surface area (Å²) in [4.78, 5) is 12.2. The van der Waals surface area contributed by atoms with Gasteiger partial charge in [0.2, 0.25) is 0 Å². The van der Waals surface area contributed by atoms with E-state index in [0.29, 0.717) is 25.4 Å². The number of benzene rings is 1. The van der Waals surface area contributed by atoms with Gasteiger partial charge in [0, 0.05) is 29.4 Å². The lowest BCUT2D eigenvalue weighted by Crippen LogP contribution is -2.05. The first-order chi connectivity index (χ1) is 11.0. The molecule has 0 radical (unpaired) electrons. The molecule has 0 heterocycles. The number of carbonyl (C=O) groups excluding carboxylic acids is 1. The zero-order valence-corrected chi connectivity index (χ0v) is 15.8. The van der Waals surface area contributed by atoms with E-state index in [0.717, 1.165) is 30.4 Å². The maximum atomic E-state index is 12.2. The lowest BCUT2D eigenvalue weighted by molar-refractivity contribution is 0.0988. The average Bonchev–Trinajstić information content (AvgIpc) is 2.84. The van der Waals surface area contributed by atoms with Crippen LogP contribution in [0, 0.1) is 0 Å². The fraction of sp³-hybridized carbons (Fsp3) is 0.588. The van der Waals surface area contributed by atoms with Gasteiger partial charge in [-0.25, -0.2) is 0 Å². The van der Waals surface area contributed by atoms with Gasteiger partial charge in [-0.3, -0.25) is 13.8 Å². The minimum absolute atomic E-state index is 0.183. The van der Waals surface area contributed by atoms with Gasteiger partial charge in [-0.1, -0.05) is 32.4 Å². The fourth-order valence-corrected chi connectivity index (χ4v) is 4.97. The molecule has 0 bridgehead atoms. The molecule has 0 saturated carbocycles. The van der Waals surface area contributed by atoms with Gasteiger partial charge in [0.05, 0.1) is 13.2 Å². The van der Waals surface area contributed by atoms with Crippen LogP contribution in [-0.4, -0.2) is 19.0 Å². The van der Waals surface area contributed by atoms with Crippen LogP contribution in [0.3, 0.4) is 0 Å². The van der Waals surface area contributed by atoms with E-state index in [-0.39, 0.29) is 11.7 Å². The highest BCUT2D eigenvalue weighted by molar-refractivity contribution is 8.07. The summed E-state index contributed by atoms with van der Waals surface area (Å²) in [6.45, 7) is 4.12. The number of carbonyl (C=O) groups is 1. The summed E-state index contributed by atoms with van der Waals surface area (Å²) >= 11 is 5.51. The fourth-order valence-electron chi connectivity index (χ4n) is 2.89. The van der Waals surface area contributed by atoms with Crippen LogP contribution in [0.5, 0.6) is 5.75 Å². The average molecular weight is 356 g/mol. The van der Waals surface area contributed by atoms with Gasteiger partial charge in [0.25, 0.3) is 0 Å². The first kappa shape index (κ1) is 18.6. The number of fused-ring (bicyclic) bond motifs is 1. The van der Waals surface area contributed by atoms with Gasteiger partial charge in [0.15, 0.2) is 5.78 Å². The van der Waals surface area contributed by atoms with Gasteiger partial charge in [-0.15, -0.1) is 0 Å². The second-order valence-corrected chi connectivity index (χ2v) is 8.55. The normalized spacial score (nSPS) is 19.4. The Morgan fingerprint density at radius 1 is 1.22 bits per heavy atom. The molecule has 1 aromatic rings. The second-order valence-electron chi connectivity index (χ2n) is 5.62. The van der Waals surface area contributed by atoms with Crippen molar-refractivity contribution in [1.82, 2.24) is 0 Å². The molecule has 6 heteroatoms. The summed E-state index contributed by atoms with van der Waals surface area (Å²) in [5, 5.41) is 0. The Kier molecular flexibility index (Phi) is 6.78. The summed E-state index contributed by atoms with van der Waals surface area (Å²) in [6.07, 6.45) is 3.39. The van der Waals surface area contributed by atoms with Crippen LogP contribution < -0.4 is 4.52 Å². The van der Waals surface area contributed by atoms with Gasteiger partial charge < -0.3 is 4.52 Å². The lowest BCUT2D eigenvalue weighted by atomic mass is 9.96. The summed E-state index contributed by atoms with van der Waals surface area (Å²) in [7, 11) is 0. The molecule has 2 unspecified atom stereocenters. The van der Waals surface area contributed by atoms with E-state index in [1.165, 1.54) is 0 Å². The molecular weight excluding hydrogens is 331 g/mol. The van der Waals surface area contributed by atoms with Crippen LogP contribution in [0.4, 0.5) is 0 Å². The van der Waals surface area contributed by atoms with Crippen molar-refractivity contribution in [3.63, 3.8) is 0 Å². The van der Waals surface area contributed by atoms with Crippen LogP contribution in [0.2, 0.25) is 0 Å². The molecular formula is C17H25O4PS. The number of Topliss-reactive ketones (excluding diaryl/α,β-unsaturated/α-hetero) is 1. The van der Waals surface area contributed by atoms with E-state index in [2.05, 4.69) is 6.92 Å². The molecule has 0 saturated heterocycles. The van der Waals surface area contributed by atoms with Gasteiger partial charge in [0.1, 0.15) is 5.75 Å². The molecule has 0 fully saturated rings. The maximum Gasteiger partial charge on any atom is 0.380 e. The first-order valence-corrected chi connectivity index (χ1v) is 10.8. The summed E-state index contributed by atoms with van der Waals surface area (Å²) in [5.41, 5.74) is 1.74. The zero-order chi connectivity index (χ0) is 16.9. The minimum atomic E-state index is -2.83. The van der Waals surface area contributed by atoms with Crippen molar-refractivity contribution in [1.29, 1.82) is 0 Å². The topological polar surface area (TPSA) is 44.8 Å². The molecule has 4 nitrogen and oxygen atoms in total. The van der Waals surface area contributed by atoms with Gasteiger partial charge in [-0.05, 0) is 31.7 Å². The van der Waals surface area contributed by atoms with Crippen LogP contribution in [0.15, 0.2) is 18.2 Å². The van der Waals surface area contributed by atoms with Crippen molar-refractivity contribution in [3.05, 3.63) is 29.3 Å². The van der Waals surface area contributed by atoms with Crippen LogP contribution in [0.25, 0.3) is 0 Å².